The zero-order valence-electron chi connectivity index (χ0n) is 18.2. The van der Waals surface area contributed by atoms with Crippen LogP contribution in [-0.4, -0.2) is 11.8 Å². The van der Waals surface area contributed by atoms with Crippen LogP contribution in [0.4, 0.5) is 11.4 Å². The first-order valence-corrected chi connectivity index (χ1v) is 10.9. The van der Waals surface area contributed by atoms with Crippen LogP contribution in [0, 0.1) is 27.7 Å². The standard InChI is InChI=1S/C26H22Cl2N2O2/c1-14-5-7-18(11-16(14)3)23-24(29-21-13-20(28)8-6-15(21)2)26(32)30(25(23)31)22-10-9-19(27)12-17(22)4/h5-13,29H,1-4H3. The highest BCUT2D eigenvalue weighted by molar-refractivity contribution is 6.46. The third-order valence-electron chi connectivity index (χ3n) is 5.74. The zero-order chi connectivity index (χ0) is 23.2. The van der Waals surface area contributed by atoms with E-state index in [2.05, 4.69) is 5.32 Å². The number of carbonyl (C=O) groups is 2. The topological polar surface area (TPSA) is 49.4 Å². The molecule has 0 aliphatic carbocycles. The molecule has 1 aliphatic heterocycles. The highest BCUT2D eigenvalue weighted by Crippen LogP contribution is 2.37. The van der Waals surface area contributed by atoms with Gasteiger partial charge in [0.25, 0.3) is 11.8 Å². The fraction of sp³-hybridized carbons (Fsp3) is 0.154. The molecule has 0 spiro atoms. The van der Waals surface area contributed by atoms with Gasteiger partial charge in [0.2, 0.25) is 0 Å². The number of halogens is 2. The number of aryl methyl sites for hydroxylation is 4. The van der Waals surface area contributed by atoms with Crippen molar-refractivity contribution >= 4 is 52.0 Å². The molecule has 162 valence electrons. The first-order valence-electron chi connectivity index (χ1n) is 10.2. The summed E-state index contributed by atoms with van der Waals surface area (Å²) in [5.41, 5.74) is 6.19. The summed E-state index contributed by atoms with van der Waals surface area (Å²) >= 11 is 12.3. The predicted molar refractivity (Wildman–Crippen MR) is 131 cm³/mol. The minimum atomic E-state index is -0.423. The van der Waals surface area contributed by atoms with E-state index in [1.54, 1.807) is 30.3 Å². The van der Waals surface area contributed by atoms with E-state index < -0.39 is 5.91 Å². The molecule has 3 aromatic rings. The molecule has 32 heavy (non-hydrogen) atoms. The molecule has 0 radical (unpaired) electrons. The van der Waals surface area contributed by atoms with Gasteiger partial charge in [-0.2, -0.15) is 0 Å². The zero-order valence-corrected chi connectivity index (χ0v) is 19.7. The van der Waals surface area contributed by atoms with Crippen molar-refractivity contribution in [3.8, 4) is 0 Å². The molecule has 0 bridgehead atoms. The summed E-state index contributed by atoms with van der Waals surface area (Å²) in [4.78, 5) is 28.5. The number of nitrogens with zero attached hydrogens (tertiary/aromatic N) is 1. The Morgan fingerprint density at radius 1 is 0.688 bits per heavy atom. The number of nitrogens with one attached hydrogen (secondary N) is 1. The molecule has 1 heterocycles. The van der Waals surface area contributed by atoms with Gasteiger partial charge in [0, 0.05) is 15.7 Å². The van der Waals surface area contributed by atoms with Crippen molar-refractivity contribution in [2.24, 2.45) is 0 Å². The lowest BCUT2D eigenvalue weighted by Crippen LogP contribution is -2.33. The van der Waals surface area contributed by atoms with Gasteiger partial charge in [0.15, 0.2) is 0 Å². The second-order valence-electron chi connectivity index (χ2n) is 8.01. The van der Waals surface area contributed by atoms with E-state index in [-0.39, 0.29) is 11.6 Å². The van der Waals surface area contributed by atoms with Crippen LogP contribution < -0.4 is 10.2 Å². The molecule has 6 heteroatoms. The molecule has 0 fully saturated rings. The molecule has 0 saturated heterocycles. The van der Waals surface area contributed by atoms with Crippen LogP contribution in [0.25, 0.3) is 5.57 Å². The van der Waals surface area contributed by atoms with Crippen LogP contribution in [0.5, 0.6) is 0 Å². The monoisotopic (exact) mass is 464 g/mol. The summed E-state index contributed by atoms with van der Waals surface area (Å²) in [6.07, 6.45) is 0. The van der Waals surface area contributed by atoms with E-state index in [1.807, 2.05) is 52.0 Å². The third-order valence-corrected chi connectivity index (χ3v) is 6.21. The van der Waals surface area contributed by atoms with Gasteiger partial charge in [0.05, 0.1) is 11.3 Å². The van der Waals surface area contributed by atoms with Crippen molar-refractivity contribution in [2.45, 2.75) is 27.7 Å². The Balaban J connectivity index is 1.89. The van der Waals surface area contributed by atoms with Crippen molar-refractivity contribution in [2.75, 3.05) is 10.2 Å². The summed E-state index contributed by atoms with van der Waals surface area (Å²) in [6, 6.07) is 16.2. The molecule has 0 aromatic heterocycles. The van der Waals surface area contributed by atoms with E-state index in [1.165, 1.54) is 4.90 Å². The molecule has 4 rings (SSSR count). The van der Waals surface area contributed by atoms with Crippen molar-refractivity contribution in [3.63, 3.8) is 0 Å². The maximum atomic E-state index is 13.7. The van der Waals surface area contributed by atoms with E-state index in [0.717, 1.165) is 22.3 Å². The number of imide groups is 1. The Morgan fingerprint density at radius 2 is 1.34 bits per heavy atom. The van der Waals surface area contributed by atoms with Gasteiger partial charge in [-0.1, -0.05) is 47.5 Å². The number of anilines is 2. The normalized spacial score (nSPS) is 13.9. The number of hydrogen-bond acceptors (Lipinski definition) is 3. The molecule has 0 atom stereocenters. The molecule has 2 amide bonds. The van der Waals surface area contributed by atoms with Crippen LogP contribution in [-0.2, 0) is 9.59 Å². The van der Waals surface area contributed by atoms with E-state index in [0.29, 0.717) is 32.6 Å². The number of carbonyl (C=O) groups excluding carboxylic acids is 2. The van der Waals surface area contributed by atoms with Gasteiger partial charge in [-0.25, -0.2) is 4.90 Å². The second kappa shape index (κ2) is 8.45. The fourth-order valence-corrected chi connectivity index (χ4v) is 4.16. The third kappa shape index (κ3) is 3.92. The lowest BCUT2D eigenvalue weighted by molar-refractivity contribution is -0.120. The number of rotatable bonds is 4. The largest absolute Gasteiger partial charge is 0.350 e. The minimum absolute atomic E-state index is 0.220. The van der Waals surface area contributed by atoms with Gasteiger partial charge >= 0.3 is 0 Å². The Labute approximate surface area is 197 Å². The molecule has 0 saturated carbocycles. The molecule has 4 nitrogen and oxygen atoms in total. The van der Waals surface area contributed by atoms with Crippen molar-refractivity contribution in [3.05, 3.63) is 98.2 Å². The van der Waals surface area contributed by atoms with Crippen LogP contribution in [0.1, 0.15) is 27.8 Å². The minimum Gasteiger partial charge on any atom is -0.350 e. The SMILES string of the molecule is Cc1ccc(C2=C(Nc3cc(Cl)ccc3C)C(=O)N(c3ccc(Cl)cc3C)C2=O)cc1C. The van der Waals surface area contributed by atoms with Crippen molar-refractivity contribution < 1.29 is 9.59 Å². The van der Waals surface area contributed by atoms with Gasteiger partial charge in [-0.05, 0) is 85.8 Å². The number of hydrogen-bond donors (Lipinski definition) is 1. The number of amides is 2. The quantitative estimate of drug-likeness (QED) is 0.441. The highest BCUT2D eigenvalue weighted by Gasteiger charge is 2.41. The van der Waals surface area contributed by atoms with Crippen molar-refractivity contribution in [1.29, 1.82) is 0 Å². The summed E-state index contributed by atoms with van der Waals surface area (Å²) in [6.45, 7) is 7.73. The van der Waals surface area contributed by atoms with Gasteiger partial charge in [-0.15, -0.1) is 0 Å². The van der Waals surface area contributed by atoms with E-state index >= 15 is 0 Å². The molecule has 3 aromatic carbocycles. The average molecular weight is 465 g/mol. The predicted octanol–water partition coefficient (Wildman–Crippen LogP) is 6.62. The first kappa shape index (κ1) is 22.1. The van der Waals surface area contributed by atoms with Crippen LogP contribution in [0.2, 0.25) is 10.0 Å². The highest BCUT2D eigenvalue weighted by atomic mass is 35.5. The molecular weight excluding hydrogens is 443 g/mol. The molecular formula is C26H22Cl2N2O2. The van der Waals surface area contributed by atoms with Crippen LogP contribution >= 0.6 is 23.2 Å². The second-order valence-corrected chi connectivity index (χ2v) is 8.88. The number of benzene rings is 3. The summed E-state index contributed by atoms with van der Waals surface area (Å²) in [5.74, 6) is -0.807. The van der Waals surface area contributed by atoms with E-state index in [4.69, 9.17) is 23.2 Å². The Kier molecular flexibility index (Phi) is 5.85. The Hall–Kier alpha value is -3.08. The van der Waals surface area contributed by atoms with E-state index in [9.17, 15) is 9.59 Å². The van der Waals surface area contributed by atoms with Crippen molar-refractivity contribution in [1.82, 2.24) is 0 Å². The summed E-state index contributed by atoms with van der Waals surface area (Å²) in [5, 5.41) is 4.28. The van der Waals surface area contributed by atoms with Gasteiger partial charge in [0.1, 0.15) is 5.70 Å². The molecule has 1 aliphatic rings. The lowest BCUT2D eigenvalue weighted by Gasteiger charge is -2.18. The molecule has 0 unspecified atom stereocenters. The lowest BCUT2D eigenvalue weighted by atomic mass is 9.99. The fourth-order valence-electron chi connectivity index (χ4n) is 3.76. The van der Waals surface area contributed by atoms with Crippen LogP contribution in [0.3, 0.4) is 0 Å². The van der Waals surface area contributed by atoms with Gasteiger partial charge < -0.3 is 5.32 Å². The summed E-state index contributed by atoms with van der Waals surface area (Å²) < 4.78 is 0. The maximum Gasteiger partial charge on any atom is 0.282 e. The average Bonchev–Trinajstić information content (AvgIpc) is 2.97. The smallest absolute Gasteiger partial charge is 0.282 e. The Bertz CT molecular complexity index is 1310. The first-order chi connectivity index (χ1) is 15.2. The Morgan fingerprint density at radius 3 is 2.03 bits per heavy atom. The van der Waals surface area contributed by atoms with Crippen LogP contribution in [0.15, 0.2) is 60.3 Å². The van der Waals surface area contributed by atoms with Gasteiger partial charge in [-0.3, -0.25) is 9.59 Å². The molecule has 1 N–H and O–H groups in total. The maximum absolute atomic E-state index is 13.7. The summed E-state index contributed by atoms with van der Waals surface area (Å²) in [7, 11) is 0.